The van der Waals surface area contributed by atoms with Gasteiger partial charge in [-0.2, -0.15) is 0 Å². The number of hydrogen-bond donors (Lipinski definition) is 0. The predicted molar refractivity (Wildman–Crippen MR) is 85.6 cm³/mol. The molecule has 0 bridgehead atoms. The van der Waals surface area contributed by atoms with Crippen LogP contribution in [0.1, 0.15) is 44.9 Å². The van der Waals surface area contributed by atoms with Crippen LogP contribution in [0.3, 0.4) is 0 Å². The maximum atomic E-state index is 12.0. The molecule has 2 rings (SSSR count). The first kappa shape index (κ1) is 15.3. The molecule has 2 aromatic heterocycles. The van der Waals surface area contributed by atoms with E-state index >= 15 is 0 Å². The number of rotatable bonds is 9. The van der Waals surface area contributed by atoms with E-state index in [0.717, 1.165) is 23.9 Å². The normalized spacial score (nSPS) is 11.2. The maximum Gasteiger partial charge on any atom is 0.350 e. The van der Waals surface area contributed by atoms with Crippen molar-refractivity contribution in [2.45, 2.75) is 51.5 Å². The zero-order chi connectivity index (χ0) is 14.2. The maximum absolute atomic E-state index is 12.0. The molecule has 0 aliphatic rings. The van der Waals surface area contributed by atoms with Crippen LogP contribution in [0.25, 0.3) is 5.65 Å². The lowest BCUT2D eigenvalue weighted by Crippen LogP contribution is -2.21. The Labute approximate surface area is 127 Å². The third kappa shape index (κ3) is 4.20. The molecule has 0 saturated carbocycles. The van der Waals surface area contributed by atoms with Gasteiger partial charge in [0, 0.05) is 18.1 Å². The second-order valence-electron chi connectivity index (χ2n) is 5.10. The van der Waals surface area contributed by atoms with Crippen molar-refractivity contribution in [3.05, 3.63) is 34.9 Å². The van der Waals surface area contributed by atoms with Crippen LogP contribution in [-0.4, -0.2) is 19.5 Å². The van der Waals surface area contributed by atoms with Crippen molar-refractivity contribution in [1.29, 1.82) is 0 Å². The van der Waals surface area contributed by atoms with Crippen LogP contribution in [0.4, 0.5) is 0 Å². The summed E-state index contributed by atoms with van der Waals surface area (Å²) in [6.07, 6.45) is 10.4. The SMILES string of the molecule is O=c1n(CCCCCCCCCBr)nc2ccccn12. The second kappa shape index (κ2) is 8.25. The fourth-order valence-corrected chi connectivity index (χ4v) is 2.75. The van der Waals surface area contributed by atoms with Crippen LogP contribution >= 0.6 is 15.9 Å². The van der Waals surface area contributed by atoms with Gasteiger partial charge in [-0.1, -0.05) is 54.1 Å². The largest absolute Gasteiger partial charge is 0.350 e. The Bertz CT molecular complexity index is 576. The highest BCUT2D eigenvalue weighted by Gasteiger charge is 2.04. The van der Waals surface area contributed by atoms with Crippen LogP contribution in [0.15, 0.2) is 29.2 Å². The van der Waals surface area contributed by atoms with Gasteiger partial charge in [0.1, 0.15) is 0 Å². The minimum absolute atomic E-state index is 0.0297. The van der Waals surface area contributed by atoms with E-state index in [0.29, 0.717) is 0 Å². The molecule has 0 saturated heterocycles. The zero-order valence-electron chi connectivity index (χ0n) is 11.8. The number of unbranched alkanes of at least 4 members (excludes halogenated alkanes) is 6. The Morgan fingerprint density at radius 3 is 2.40 bits per heavy atom. The monoisotopic (exact) mass is 339 g/mol. The minimum atomic E-state index is -0.0297. The van der Waals surface area contributed by atoms with Crippen LogP contribution in [0, 0.1) is 0 Å². The molecule has 0 aromatic carbocycles. The third-order valence-corrected chi connectivity index (χ3v) is 4.05. The van der Waals surface area contributed by atoms with E-state index in [2.05, 4.69) is 21.0 Å². The van der Waals surface area contributed by atoms with Crippen LogP contribution < -0.4 is 5.69 Å². The van der Waals surface area contributed by atoms with Gasteiger partial charge in [-0.3, -0.25) is 4.40 Å². The van der Waals surface area contributed by atoms with E-state index in [-0.39, 0.29) is 5.69 Å². The van der Waals surface area contributed by atoms with Crippen molar-refractivity contribution >= 4 is 21.6 Å². The Balaban J connectivity index is 1.71. The molecule has 0 amide bonds. The molecule has 0 unspecified atom stereocenters. The zero-order valence-corrected chi connectivity index (χ0v) is 13.4. The number of alkyl halides is 1. The summed E-state index contributed by atoms with van der Waals surface area (Å²) in [5.41, 5.74) is 0.699. The molecular weight excluding hydrogens is 318 g/mol. The molecule has 2 aromatic rings. The number of aromatic nitrogens is 3. The van der Waals surface area contributed by atoms with Crippen LogP contribution in [0.5, 0.6) is 0 Å². The molecule has 5 heteroatoms. The standard InChI is InChI=1S/C15H22BrN3O/c16-11-7-4-2-1-3-5-8-13-19-15(20)18-12-9-6-10-14(18)17-19/h6,9-10,12H,1-5,7-8,11,13H2. The smallest absolute Gasteiger partial charge is 0.250 e. The summed E-state index contributed by atoms with van der Waals surface area (Å²) >= 11 is 3.45. The van der Waals surface area contributed by atoms with Crippen molar-refractivity contribution in [2.24, 2.45) is 0 Å². The highest BCUT2D eigenvalue weighted by molar-refractivity contribution is 9.09. The van der Waals surface area contributed by atoms with Gasteiger partial charge in [0.25, 0.3) is 0 Å². The Morgan fingerprint density at radius 1 is 1.00 bits per heavy atom. The lowest BCUT2D eigenvalue weighted by atomic mass is 10.1. The summed E-state index contributed by atoms with van der Waals surface area (Å²) in [6.45, 7) is 0.724. The third-order valence-electron chi connectivity index (χ3n) is 3.49. The Hall–Kier alpha value is -1.10. The molecule has 0 N–H and O–H groups in total. The molecule has 4 nitrogen and oxygen atoms in total. The first-order valence-corrected chi connectivity index (χ1v) is 8.55. The molecule has 110 valence electrons. The summed E-state index contributed by atoms with van der Waals surface area (Å²) < 4.78 is 3.18. The van der Waals surface area contributed by atoms with E-state index in [9.17, 15) is 4.79 Å². The summed E-state index contributed by atoms with van der Waals surface area (Å²) in [5, 5.41) is 5.45. The number of hydrogen-bond acceptors (Lipinski definition) is 2. The predicted octanol–water partition coefficient (Wildman–Crippen LogP) is 3.62. The van der Waals surface area contributed by atoms with E-state index in [1.807, 2.05) is 18.2 Å². The van der Waals surface area contributed by atoms with Gasteiger partial charge in [0.2, 0.25) is 0 Å². The van der Waals surface area contributed by atoms with E-state index in [4.69, 9.17) is 0 Å². The van der Waals surface area contributed by atoms with Gasteiger partial charge in [0.05, 0.1) is 0 Å². The van der Waals surface area contributed by atoms with Crippen molar-refractivity contribution in [3.8, 4) is 0 Å². The van der Waals surface area contributed by atoms with Gasteiger partial charge in [-0.15, -0.1) is 5.10 Å². The van der Waals surface area contributed by atoms with E-state index in [1.54, 1.807) is 15.3 Å². The number of fused-ring (bicyclic) bond motifs is 1. The molecule has 0 aliphatic carbocycles. The molecule has 2 heterocycles. The second-order valence-corrected chi connectivity index (χ2v) is 5.89. The lowest BCUT2D eigenvalue weighted by Gasteiger charge is -2.01. The van der Waals surface area contributed by atoms with E-state index in [1.165, 1.54) is 38.5 Å². The molecule has 20 heavy (non-hydrogen) atoms. The first-order valence-electron chi connectivity index (χ1n) is 7.43. The van der Waals surface area contributed by atoms with Gasteiger partial charge >= 0.3 is 5.69 Å². The molecule has 0 spiro atoms. The average molecular weight is 340 g/mol. The number of aryl methyl sites for hydroxylation is 1. The molecule has 0 atom stereocenters. The molecule has 0 aliphatic heterocycles. The number of pyridine rings is 1. The first-order chi connectivity index (χ1) is 9.83. The average Bonchev–Trinajstić information content (AvgIpc) is 2.79. The van der Waals surface area contributed by atoms with Crippen molar-refractivity contribution in [2.75, 3.05) is 5.33 Å². The fraction of sp³-hybridized carbons (Fsp3) is 0.600. The molecule has 0 radical (unpaired) electrons. The van der Waals surface area contributed by atoms with Gasteiger partial charge < -0.3 is 0 Å². The molecular formula is C15H22BrN3O. The summed E-state index contributed by atoms with van der Waals surface area (Å²) in [7, 11) is 0. The lowest BCUT2D eigenvalue weighted by molar-refractivity contribution is 0.513. The summed E-state index contributed by atoms with van der Waals surface area (Å²) in [5.74, 6) is 0. The fourth-order valence-electron chi connectivity index (χ4n) is 2.35. The highest BCUT2D eigenvalue weighted by atomic mass is 79.9. The van der Waals surface area contributed by atoms with Gasteiger partial charge in [-0.05, 0) is 25.0 Å². The summed E-state index contributed by atoms with van der Waals surface area (Å²) in [4.78, 5) is 12.0. The minimum Gasteiger partial charge on any atom is -0.250 e. The Morgan fingerprint density at radius 2 is 1.70 bits per heavy atom. The van der Waals surface area contributed by atoms with Gasteiger partial charge in [0.15, 0.2) is 5.65 Å². The van der Waals surface area contributed by atoms with Gasteiger partial charge in [-0.25, -0.2) is 9.48 Å². The van der Waals surface area contributed by atoms with Crippen molar-refractivity contribution < 1.29 is 0 Å². The van der Waals surface area contributed by atoms with Crippen LogP contribution in [0.2, 0.25) is 0 Å². The topological polar surface area (TPSA) is 39.3 Å². The van der Waals surface area contributed by atoms with E-state index < -0.39 is 0 Å². The quantitative estimate of drug-likeness (QED) is 0.517. The molecule has 0 fully saturated rings. The number of nitrogens with zero attached hydrogens (tertiary/aromatic N) is 3. The van der Waals surface area contributed by atoms with Crippen molar-refractivity contribution in [3.63, 3.8) is 0 Å². The highest BCUT2D eigenvalue weighted by Crippen LogP contribution is 2.08. The van der Waals surface area contributed by atoms with Crippen molar-refractivity contribution in [1.82, 2.24) is 14.2 Å². The number of halogens is 1. The Kier molecular flexibility index (Phi) is 6.30. The van der Waals surface area contributed by atoms with Crippen LogP contribution in [-0.2, 0) is 6.54 Å². The summed E-state index contributed by atoms with van der Waals surface area (Å²) in [6, 6.07) is 5.62.